The molecule has 5 heteroatoms. The van der Waals surface area contributed by atoms with Crippen LogP contribution in [0.25, 0.3) is 0 Å². The number of rotatable bonds is 4. The predicted molar refractivity (Wildman–Crippen MR) is 77.2 cm³/mol. The standard InChI is InChI=1S/C16H20N2O3/c17-12-16(8-6-13(10-19)7-9-16)18-15(20)21-11-14-4-2-1-3-5-14/h1-5,13,19H,6-11H2,(H,18,20). The summed E-state index contributed by atoms with van der Waals surface area (Å²) in [6.45, 7) is 0.327. The van der Waals surface area contributed by atoms with Gasteiger partial charge in [0.2, 0.25) is 0 Å². The second-order valence-corrected chi connectivity index (χ2v) is 5.51. The Morgan fingerprint density at radius 1 is 1.38 bits per heavy atom. The van der Waals surface area contributed by atoms with Crippen molar-refractivity contribution in [2.75, 3.05) is 6.61 Å². The van der Waals surface area contributed by atoms with Crippen molar-refractivity contribution in [1.29, 1.82) is 5.26 Å². The van der Waals surface area contributed by atoms with Crippen LogP contribution in [-0.4, -0.2) is 23.3 Å². The first-order valence-corrected chi connectivity index (χ1v) is 7.18. The van der Waals surface area contributed by atoms with Gasteiger partial charge in [-0.05, 0) is 37.2 Å². The van der Waals surface area contributed by atoms with Crippen molar-refractivity contribution in [2.45, 2.75) is 37.8 Å². The van der Waals surface area contributed by atoms with Gasteiger partial charge in [-0.1, -0.05) is 30.3 Å². The molecule has 1 saturated carbocycles. The van der Waals surface area contributed by atoms with Crippen LogP contribution in [0.15, 0.2) is 30.3 Å². The Kier molecular flexibility index (Phi) is 5.18. The summed E-state index contributed by atoms with van der Waals surface area (Å²) < 4.78 is 5.16. The summed E-state index contributed by atoms with van der Waals surface area (Å²) in [5.41, 5.74) is 0.0436. The lowest BCUT2D eigenvalue weighted by Crippen LogP contribution is -2.50. The van der Waals surface area contributed by atoms with E-state index in [4.69, 9.17) is 9.84 Å². The Labute approximate surface area is 124 Å². The molecule has 1 aromatic carbocycles. The van der Waals surface area contributed by atoms with Crippen molar-refractivity contribution >= 4 is 6.09 Å². The molecule has 1 fully saturated rings. The molecule has 2 rings (SSSR count). The molecule has 0 atom stereocenters. The monoisotopic (exact) mass is 288 g/mol. The minimum atomic E-state index is -0.862. The maximum absolute atomic E-state index is 11.9. The lowest BCUT2D eigenvalue weighted by molar-refractivity contribution is 0.115. The molecule has 2 N–H and O–H groups in total. The Hall–Kier alpha value is -2.06. The average Bonchev–Trinajstić information content (AvgIpc) is 2.54. The molecule has 0 spiro atoms. The van der Waals surface area contributed by atoms with Crippen molar-refractivity contribution in [3.05, 3.63) is 35.9 Å². The molecule has 0 unspecified atom stereocenters. The number of nitriles is 1. The van der Waals surface area contributed by atoms with Crippen molar-refractivity contribution in [3.63, 3.8) is 0 Å². The maximum atomic E-state index is 11.9. The molecule has 0 aliphatic heterocycles. The molecule has 5 nitrogen and oxygen atoms in total. The van der Waals surface area contributed by atoms with Crippen LogP contribution in [0.4, 0.5) is 4.79 Å². The SMILES string of the molecule is N#CC1(NC(=O)OCc2ccccc2)CCC(CO)CC1. The van der Waals surface area contributed by atoms with Crippen molar-refractivity contribution in [1.82, 2.24) is 5.32 Å². The lowest BCUT2D eigenvalue weighted by atomic mass is 9.77. The number of amides is 1. The van der Waals surface area contributed by atoms with Crippen molar-refractivity contribution < 1.29 is 14.6 Å². The van der Waals surface area contributed by atoms with Gasteiger partial charge in [0.05, 0.1) is 6.07 Å². The van der Waals surface area contributed by atoms with E-state index in [0.29, 0.717) is 12.8 Å². The highest BCUT2D eigenvalue weighted by Gasteiger charge is 2.37. The van der Waals surface area contributed by atoms with E-state index in [0.717, 1.165) is 18.4 Å². The van der Waals surface area contributed by atoms with Gasteiger partial charge in [-0.25, -0.2) is 4.79 Å². The number of hydrogen-bond donors (Lipinski definition) is 2. The Morgan fingerprint density at radius 3 is 2.62 bits per heavy atom. The zero-order valence-electron chi connectivity index (χ0n) is 11.9. The van der Waals surface area contributed by atoms with E-state index < -0.39 is 11.6 Å². The summed E-state index contributed by atoms with van der Waals surface area (Å²) in [5, 5.41) is 21.2. The third-order valence-electron chi connectivity index (χ3n) is 3.99. The van der Waals surface area contributed by atoms with Crippen LogP contribution >= 0.6 is 0 Å². The summed E-state index contributed by atoms with van der Waals surface area (Å²) in [6, 6.07) is 11.6. The molecule has 0 aromatic heterocycles. The fourth-order valence-electron chi connectivity index (χ4n) is 2.57. The number of ether oxygens (including phenoxy) is 1. The van der Waals surface area contributed by atoms with Crippen LogP contribution in [0.2, 0.25) is 0 Å². The summed E-state index contributed by atoms with van der Waals surface area (Å²) in [4.78, 5) is 11.9. The molecule has 0 bridgehead atoms. The number of carbonyl (C=O) groups is 1. The first-order valence-electron chi connectivity index (χ1n) is 7.18. The van der Waals surface area contributed by atoms with Gasteiger partial charge in [0, 0.05) is 6.61 Å². The Balaban J connectivity index is 1.85. The van der Waals surface area contributed by atoms with E-state index >= 15 is 0 Å². The Bertz CT molecular complexity index is 502. The highest BCUT2D eigenvalue weighted by Crippen LogP contribution is 2.31. The molecule has 1 aliphatic rings. The minimum Gasteiger partial charge on any atom is -0.445 e. The van der Waals surface area contributed by atoms with E-state index in [1.54, 1.807) is 0 Å². The topological polar surface area (TPSA) is 82.4 Å². The highest BCUT2D eigenvalue weighted by molar-refractivity contribution is 5.69. The summed E-state index contributed by atoms with van der Waals surface area (Å²) >= 11 is 0. The van der Waals surface area contributed by atoms with Crippen LogP contribution in [0.5, 0.6) is 0 Å². The molecule has 1 amide bonds. The van der Waals surface area contributed by atoms with Gasteiger partial charge in [-0.3, -0.25) is 0 Å². The van der Waals surface area contributed by atoms with E-state index in [1.807, 2.05) is 30.3 Å². The molecule has 0 radical (unpaired) electrons. The first-order chi connectivity index (χ1) is 10.2. The maximum Gasteiger partial charge on any atom is 0.408 e. The number of benzene rings is 1. The van der Waals surface area contributed by atoms with Gasteiger partial charge in [-0.2, -0.15) is 5.26 Å². The van der Waals surface area contributed by atoms with Crippen molar-refractivity contribution in [2.24, 2.45) is 5.92 Å². The third-order valence-corrected chi connectivity index (χ3v) is 3.99. The molecule has 0 heterocycles. The fourth-order valence-corrected chi connectivity index (χ4v) is 2.57. The van der Waals surface area contributed by atoms with Crippen LogP contribution < -0.4 is 5.32 Å². The van der Waals surface area contributed by atoms with Crippen LogP contribution in [-0.2, 0) is 11.3 Å². The van der Waals surface area contributed by atoms with E-state index in [2.05, 4.69) is 11.4 Å². The van der Waals surface area contributed by atoms with Gasteiger partial charge in [0.25, 0.3) is 0 Å². The summed E-state index contributed by atoms with van der Waals surface area (Å²) in [7, 11) is 0. The fraction of sp³-hybridized carbons (Fsp3) is 0.500. The largest absolute Gasteiger partial charge is 0.445 e. The second-order valence-electron chi connectivity index (χ2n) is 5.51. The first kappa shape index (κ1) is 15.3. The molecule has 1 aliphatic carbocycles. The molecule has 1 aromatic rings. The van der Waals surface area contributed by atoms with Crippen LogP contribution in [0, 0.1) is 17.2 Å². The normalized spacial score (nSPS) is 24.9. The third kappa shape index (κ3) is 4.20. The zero-order chi connectivity index (χ0) is 15.1. The van der Waals surface area contributed by atoms with Crippen molar-refractivity contribution in [3.8, 4) is 6.07 Å². The van der Waals surface area contributed by atoms with Gasteiger partial charge in [0.15, 0.2) is 0 Å². The smallest absolute Gasteiger partial charge is 0.408 e. The number of nitrogens with one attached hydrogen (secondary N) is 1. The molecule has 21 heavy (non-hydrogen) atoms. The highest BCUT2D eigenvalue weighted by atomic mass is 16.5. The number of aliphatic hydroxyl groups is 1. The average molecular weight is 288 g/mol. The van der Waals surface area contributed by atoms with E-state index in [9.17, 15) is 10.1 Å². The van der Waals surface area contributed by atoms with Crippen LogP contribution in [0.3, 0.4) is 0 Å². The molecule has 112 valence electrons. The molecule has 0 saturated heterocycles. The number of aliphatic hydroxyl groups excluding tert-OH is 1. The Morgan fingerprint density at radius 2 is 2.05 bits per heavy atom. The number of alkyl carbamates (subject to hydrolysis) is 1. The summed E-state index contributed by atoms with van der Waals surface area (Å²) in [6.07, 6.45) is 2.01. The summed E-state index contributed by atoms with van der Waals surface area (Å²) in [5.74, 6) is 0.230. The number of carbonyl (C=O) groups excluding carboxylic acids is 1. The second kappa shape index (κ2) is 7.09. The zero-order valence-corrected chi connectivity index (χ0v) is 11.9. The van der Waals surface area contributed by atoms with Crippen LogP contribution in [0.1, 0.15) is 31.2 Å². The van der Waals surface area contributed by atoms with Gasteiger partial charge < -0.3 is 15.2 Å². The van der Waals surface area contributed by atoms with Gasteiger partial charge in [-0.15, -0.1) is 0 Å². The predicted octanol–water partition coefficient (Wildman–Crippen LogP) is 2.36. The van der Waals surface area contributed by atoms with E-state index in [1.165, 1.54) is 0 Å². The number of hydrogen-bond acceptors (Lipinski definition) is 4. The molecular weight excluding hydrogens is 268 g/mol. The lowest BCUT2D eigenvalue weighted by Gasteiger charge is -2.34. The van der Waals surface area contributed by atoms with Gasteiger partial charge >= 0.3 is 6.09 Å². The molecular formula is C16H20N2O3. The van der Waals surface area contributed by atoms with E-state index in [-0.39, 0.29) is 19.1 Å². The number of nitrogens with zero attached hydrogens (tertiary/aromatic N) is 1. The quantitative estimate of drug-likeness (QED) is 0.891. The minimum absolute atomic E-state index is 0.139. The van der Waals surface area contributed by atoms with Gasteiger partial charge in [0.1, 0.15) is 12.1 Å².